The molecule has 1 unspecified atom stereocenters. The molecule has 2 amide bonds. The van der Waals surface area contributed by atoms with Crippen LogP contribution < -0.4 is 10.1 Å². The van der Waals surface area contributed by atoms with Crippen molar-refractivity contribution in [2.75, 3.05) is 6.61 Å². The van der Waals surface area contributed by atoms with Crippen LogP contribution in [0, 0.1) is 0 Å². The van der Waals surface area contributed by atoms with E-state index >= 15 is 0 Å². The third-order valence-corrected chi connectivity index (χ3v) is 6.51. The highest BCUT2D eigenvalue weighted by atomic mass is 35.5. The van der Waals surface area contributed by atoms with Gasteiger partial charge in [0.05, 0.1) is 6.61 Å². The van der Waals surface area contributed by atoms with Crippen LogP contribution in [0.25, 0.3) is 0 Å². The zero-order valence-electron chi connectivity index (χ0n) is 18.4. The Morgan fingerprint density at radius 2 is 1.72 bits per heavy atom. The van der Waals surface area contributed by atoms with Gasteiger partial charge in [0.2, 0.25) is 11.8 Å². The van der Waals surface area contributed by atoms with Gasteiger partial charge in [-0.3, -0.25) is 9.59 Å². The zero-order chi connectivity index (χ0) is 22.9. The van der Waals surface area contributed by atoms with Gasteiger partial charge in [-0.15, -0.1) is 0 Å². The molecule has 1 fully saturated rings. The van der Waals surface area contributed by atoms with Crippen LogP contribution in [0.4, 0.5) is 0 Å². The van der Waals surface area contributed by atoms with Crippen LogP contribution in [-0.2, 0) is 16.1 Å². The van der Waals surface area contributed by atoms with E-state index in [-0.39, 0.29) is 30.8 Å². The van der Waals surface area contributed by atoms with Crippen LogP contribution in [0.2, 0.25) is 10.0 Å². The molecule has 32 heavy (non-hydrogen) atoms. The van der Waals surface area contributed by atoms with E-state index in [9.17, 15) is 9.59 Å². The fourth-order valence-corrected chi connectivity index (χ4v) is 4.42. The van der Waals surface area contributed by atoms with Gasteiger partial charge in [-0.25, -0.2) is 0 Å². The van der Waals surface area contributed by atoms with E-state index in [1.807, 2.05) is 30.3 Å². The summed E-state index contributed by atoms with van der Waals surface area (Å²) in [7, 11) is 0. The summed E-state index contributed by atoms with van der Waals surface area (Å²) in [5.41, 5.74) is 0.644. The van der Waals surface area contributed by atoms with E-state index in [1.54, 1.807) is 30.0 Å². The van der Waals surface area contributed by atoms with E-state index in [0.717, 1.165) is 31.4 Å². The highest BCUT2D eigenvalue weighted by Gasteiger charge is 2.29. The molecular weight excluding hydrogens is 447 g/mol. The van der Waals surface area contributed by atoms with Gasteiger partial charge in [0, 0.05) is 34.6 Å². The highest BCUT2D eigenvalue weighted by Crippen LogP contribution is 2.27. The molecule has 1 aliphatic carbocycles. The third kappa shape index (κ3) is 6.88. The van der Waals surface area contributed by atoms with Crippen molar-refractivity contribution in [2.45, 2.75) is 64.1 Å². The summed E-state index contributed by atoms with van der Waals surface area (Å²) >= 11 is 12.7. The Morgan fingerprint density at radius 1 is 1.06 bits per heavy atom. The quantitative estimate of drug-likeness (QED) is 0.452. The largest absolute Gasteiger partial charge is 0.494 e. The lowest BCUT2D eigenvalue weighted by Gasteiger charge is -2.30. The lowest BCUT2D eigenvalue weighted by Crippen LogP contribution is -2.49. The number of hydrogen-bond acceptors (Lipinski definition) is 3. The van der Waals surface area contributed by atoms with Crippen LogP contribution in [0.1, 0.15) is 51.0 Å². The van der Waals surface area contributed by atoms with Crippen LogP contribution in [0.3, 0.4) is 0 Å². The van der Waals surface area contributed by atoms with Crippen molar-refractivity contribution in [1.29, 1.82) is 0 Å². The van der Waals surface area contributed by atoms with E-state index in [1.165, 1.54) is 0 Å². The molecule has 1 aliphatic rings. The number of amides is 2. The lowest BCUT2D eigenvalue weighted by molar-refractivity contribution is -0.141. The number of nitrogens with one attached hydrogen (secondary N) is 1. The predicted molar refractivity (Wildman–Crippen MR) is 128 cm³/mol. The van der Waals surface area contributed by atoms with Crippen molar-refractivity contribution in [3.8, 4) is 5.75 Å². The second-order valence-electron chi connectivity index (χ2n) is 8.15. The van der Waals surface area contributed by atoms with E-state index in [4.69, 9.17) is 27.9 Å². The smallest absolute Gasteiger partial charge is 0.242 e. The lowest BCUT2D eigenvalue weighted by atomic mass is 10.1. The molecule has 0 aromatic heterocycles. The molecule has 0 saturated heterocycles. The van der Waals surface area contributed by atoms with Gasteiger partial charge in [-0.1, -0.05) is 60.3 Å². The fourth-order valence-electron chi connectivity index (χ4n) is 3.90. The van der Waals surface area contributed by atoms with Crippen molar-refractivity contribution in [3.05, 3.63) is 64.1 Å². The Hall–Kier alpha value is -2.24. The number of rotatable bonds is 10. The topological polar surface area (TPSA) is 58.6 Å². The van der Waals surface area contributed by atoms with Crippen molar-refractivity contribution in [3.63, 3.8) is 0 Å². The number of hydrogen-bond donors (Lipinski definition) is 1. The molecule has 2 aromatic carbocycles. The number of nitrogens with zero attached hydrogens (tertiary/aromatic N) is 1. The third-order valence-electron chi connectivity index (χ3n) is 5.81. The normalized spacial score (nSPS) is 14.7. The summed E-state index contributed by atoms with van der Waals surface area (Å²) in [4.78, 5) is 27.7. The molecule has 172 valence electrons. The van der Waals surface area contributed by atoms with E-state index in [0.29, 0.717) is 28.6 Å². The molecule has 1 N–H and O–H groups in total. The molecule has 1 saturated carbocycles. The standard InChI is InChI=1S/C25H30Cl2N2O3/c1-18(25(31)28-19-9-5-6-10-19)29(17-21-22(26)13-7-14-23(21)27)24(30)15-8-16-32-20-11-3-2-4-12-20/h2-4,7,11-14,18-19H,5-6,8-10,15-17H2,1H3,(H,28,31). The molecule has 5 nitrogen and oxygen atoms in total. The minimum Gasteiger partial charge on any atom is -0.494 e. The van der Waals surface area contributed by atoms with Crippen LogP contribution in [0.15, 0.2) is 48.5 Å². The van der Waals surface area contributed by atoms with Crippen molar-refractivity contribution in [1.82, 2.24) is 10.2 Å². The zero-order valence-corrected chi connectivity index (χ0v) is 19.9. The van der Waals surface area contributed by atoms with Crippen molar-refractivity contribution >= 4 is 35.0 Å². The first-order chi connectivity index (χ1) is 15.5. The summed E-state index contributed by atoms with van der Waals surface area (Å²) in [5.74, 6) is 0.490. The maximum atomic E-state index is 13.2. The number of ether oxygens (including phenoxy) is 1. The number of halogens is 2. The maximum Gasteiger partial charge on any atom is 0.242 e. The average Bonchev–Trinajstić information content (AvgIpc) is 3.30. The average molecular weight is 477 g/mol. The van der Waals surface area contributed by atoms with Gasteiger partial charge in [-0.2, -0.15) is 0 Å². The molecule has 0 heterocycles. The first-order valence-electron chi connectivity index (χ1n) is 11.2. The Balaban J connectivity index is 1.65. The second kappa shape index (κ2) is 12.1. The summed E-state index contributed by atoms with van der Waals surface area (Å²) in [6.45, 7) is 2.35. The van der Waals surface area contributed by atoms with Crippen LogP contribution >= 0.6 is 23.2 Å². The Morgan fingerprint density at radius 3 is 2.38 bits per heavy atom. The van der Waals surface area contributed by atoms with Gasteiger partial charge >= 0.3 is 0 Å². The minimum atomic E-state index is -0.634. The fraction of sp³-hybridized carbons (Fsp3) is 0.440. The van der Waals surface area contributed by atoms with Crippen LogP contribution in [0.5, 0.6) is 5.75 Å². The van der Waals surface area contributed by atoms with Gasteiger partial charge in [0.15, 0.2) is 0 Å². The van der Waals surface area contributed by atoms with Crippen LogP contribution in [-0.4, -0.2) is 35.4 Å². The van der Waals surface area contributed by atoms with Gasteiger partial charge in [0.1, 0.15) is 11.8 Å². The number of carbonyl (C=O) groups is 2. The van der Waals surface area contributed by atoms with Gasteiger partial charge in [0.25, 0.3) is 0 Å². The Bertz CT molecular complexity index is 881. The molecule has 0 spiro atoms. The summed E-state index contributed by atoms with van der Waals surface area (Å²) in [6, 6.07) is 14.3. The SMILES string of the molecule is CC(C(=O)NC1CCCC1)N(Cc1c(Cl)cccc1Cl)C(=O)CCCOc1ccccc1. The summed E-state index contributed by atoms with van der Waals surface area (Å²) in [6.07, 6.45) is 5.02. The minimum absolute atomic E-state index is 0.133. The van der Waals surface area contributed by atoms with E-state index in [2.05, 4.69) is 5.32 Å². The molecule has 0 bridgehead atoms. The molecule has 7 heteroatoms. The molecular formula is C25H30Cl2N2O3. The number of para-hydroxylation sites is 1. The van der Waals surface area contributed by atoms with Gasteiger partial charge in [-0.05, 0) is 50.5 Å². The van der Waals surface area contributed by atoms with E-state index < -0.39 is 6.04 Å². The Kier molecular flexibility index (Phi) is 9.24. The van der Waals surface area contributed by atoms with Crippen molar-refractivity contribution in [2.24, 2.45) is 0 Å². The Labute approximate surface area is 200 Å². The monoisotopic (exact) mass is 476 g/mol. The molecule has 0 radical (unpaired) electrons. The molecule has 1 atom stereocenters. The van der Waals surface area contributed by atoms with Crippen molar-refractivity contribution < 1.29 is 14.3 Å². The maximum absolute atomic E-state index is 13.2. The summed E-state index contributed by atoms with van der Waals surface area (Å²) in [5, 5.41) is 4.05. The highest BCUT2D eigenvalue weighted by molar-refractivity contribution is 6.36. The molecule has 0 aliphatic heterocycles. The predicted octanol–water partition coefficient (Wildman–Crippen LogP) is 5.63. The molecule has 2 aromatic rings. The second-order valence-corrected chi connectivity index (χ2v) is 8.97. The van der Waals surface area contributed by atoms with Gasteiger partial charge < -0.3 is 15.0 Å². The number of benzene rings is 2. The summed E-state index contributed by atoms with van der Waals surface area (Å²) < 4.78 is 5.70. The number of carbonyl (C=O) groups excluding carboxylic acids is 2. The first kappa shape index (κ1) is 24.4. The first-order valence-corrected chi connectivity index (χ1v) is 11.9. The molecule has 3 rings (SSSR count).